The summed E-state index contributed by atoms with van der Waals surface area (Å²) in [5, 5.41) is 11.6. The van der Waals surface area contributed by atoms with E-state index in [1.165, 1.54) is 19.3 Å². The van der Waals surface area contributed by atoms with Crippen molar-refractivity contribution < 1.29 is 38.2 Å². The molecular formula is C42H69NO7. The van der Waals surface area contributed by atoms with Crippen LogP contribution in [0.2, 0.25) is 0 Å². The van der Waals surface area contributed by atoms with Crippen LogP contribution in [0.15, 0.2) is 72.9 Å². The molecule has 0 heterocycles. The lowest BCUT2D eigenvalue weighted by Gasteiger charge is -2.34. The van der Waals surface area contributed by atoms with Gasteiger partial charge in [0.1, 0.15) is 12.6 Å². The van der Waals surface area contributed by atoms with Gasteiger partial charge in [-0.05, 0) is 57.8 Å². The van der Waals surface area contributed by atoms with Gasteiger partial charge in [-0.1, -0.05) is 119 Å². The van der Waals surface area contributed by atoms with Crippen molar-refractivity contribution in [2.75, 3.05) is 41.0 Å². The van der Waals surface area contributed by atoms with Gasteiger partial charge in [-0.3, -0.25) is 9.59 Å². The molecule has 0 N–H and O–H groups in total. The number of hydrogen-bond donors (Lipinski definition) is 0. The maximum Gasteiger partial charge on any atom is 0.306 e. The molecule has 0 aromatic heterocycles. The summed E-state index contributed by atoms with van der Waals surface area (Å²) in [5.74, 6) is -1.84. The molecule has 0 saturated carbocycles. The molecule has 0 aromatic carbocycles. The number of carboxylic acids is 1. The minimum absolute atomic E-state index is 0.0123. The lowest BCUT2D eigenvalue weighted by atomic mass is 10.1. The SMILES string of the molecule is CC/C=C/C=C/C=C/CCCCCCCCCC(=O)OCC(COCCC(C(=O)[O-])[N+](C)(C)C)OC(=O)CCC/C=C/C/C=C/C/C=C/CC. The van der Waals surface area contributed by atoms with Crippen molar-refractivity contribution in [3.63, 3.8) is 0 Å². The number of carbonyl (C=O) groups is 3. The smallest absolute Gasteiger partial charge is 0.306 e. The van der Waals surface area contributed by atoms with Crippen molar-refractivity contribution in [1.29, 1.82) is 0 Å². The first-order valence-corrected chi connectivity index (χ1v) is 19.0. The molecular weight excluding hydrogens is 630 g/mol. The Labute approximate surface area is 304 Å². The van der Waals surface area contributed by atoms with Crippen molar-refractivity contribution in [2.24, 2.45) is 0 Å². The fourth-order valence-electron chi connectivity index (χ4n) is 4.97. The van der Waals surface area contributed by atoms with Crippen LogP contribution in [0.5, 0.6) is 0 Å². The Balaban J connectivity index is 4.50. The summed E-state index contributed by atoms with van der Waals surface area (Å²) >= 11 is 0. The standard InChI is InChI=1S/C42H69NO7/c1-6-8-10-12-14-16-18-19-20-21-23-24-26-28-30-32-40(44)49-37-38(36-48-35-34-39(42(46)47)43(3,4)5)50-41(45)33-31-29-27-25-22-17-15-13-11-9-7-2/h8-12,14-18,25,27,38-39H,6-7,13,19-24,26,28-37H2,1-5H3/b10-8+,11-9+,14-12+,17-15+,18-16+,27-25+. The largest absolute Gasteiger partial charge is 0.544 e. The second-order valence-corrected chi connectivity index (χ2v) is 13.5. The third-order valence-electron chi connectivity index (χ3n) is 7.90. The summed E-state index contributed by atoms with van der Waals surface area (Å²) in [4.78, 5) is 36.6. The number of ether oxygens (including phenoxy) is 3. The third kappa shape index (κ3) is 30.8. The van der Waals surface area contributed by atoms with Gasteiger partial charge in [-0.2, -0.15) is 0 Å². The molecule has 0 radical (unpaired) electrons. The molecule has 284 valence electrons. The van der Waals surface area contributed by atoms with Crippen LogP contribution in [0, 0.1) is 0 Å². The summed E-state index contributed by atoms with van der Waals surface area (Å²) in [6.07, 6.45) is 39.4. The maximum absolute atomic E-state index is 12.6. The van der Waals surface area contributed by atoms with Gasteiger partial charge < -0.3 is 28.6 Å². The van der Waals surface area contributed by atoms with Crippen LogP contribution in [-0.4, -0.2) is 75.5 Å². The van der Waals surface area contributed by atoms with Crippen LogP contribution < -0.4 is 5.11 Å². The minimum Gasteiger partial charge on any atom is -0.544 e. The summed E-state index contributed by atoms with van der Waals surface area (Å²) in [6.45, 7) is 4.31. The fraction of sp³-hybridized carbons (Fsp3) is 0.643. The molecule has 2 atom stereocenters. The van der Waals surface area contributed by atoms with Crippen molar-refractivity contribution in [3.8, 4) is 0 Å². The molecule has 0 spiro atoms. The maximum atomic E-state index is 12.6. The number of esters is 2. The summed E-state index contributed by atoms with van der Waals surface area (Å²) in [5.41, 5.74) is 0. The Morgan fingerprint density at radius 2 is 1.18 bits per heavy atom. The van der Waals surface area contributed by atoms with Crippen LogP contribution >= 0.6 is 0 Å². The highest BCUT2D eigenvalue weighted by Crippen LogP contribution is 2.12. The van der Waals surface area contributed by atoms with Gasteiger partial charge in [0.25, 0.3) is 0 Å². The van der Waals surface area contributed by atoms with E-state index in [1.54, 1.807) is 21.1 Å². The van der Waals surface area contributed by atoms with Crippen LogP contribution in [-0.2, 0) is 28.6 Å². The molecule has 50 heavy (non-hydrogen) atoms. The third-order valence-corrected chi connectivity index (χ3v) is 7.90. The molecule has 0 rings (SSSR count). The van der Waals surface area contributed by atoms with E-state index in [4.69, 9.17) is 14.2 Å². The van der Waals surface area contributed by atoms with Gasteiger partial charge in [0, 0.05) is 19.3 Å². The van der Waals surface area contributed by atoms with Gasteiger partial charge in [0.15, 0.2) is 6.10 Å². The molecule has 8 nitrogen and oxygen atoms in total. The highest BCUT2D eigenvalue weighted by molar-refractivity contribution is 5.70. The highest BCUT2D eigenvalue weighted by Gasteiger charge is 2.25. The zero-order valence-electron chi connectivity index (χ0n) is 32.0. The zero-order chi connectivity index (χ0) is 37.1. The van der Waals surface area contributed by atoms with E-state index in [0.717, 1.165) is 64.2 Å². The molecule has 0 aliphatic carbocycles. The first kappa shape index (κ1) is 46.8. The molecule has 0 aromatic rings. The first-order chi connectivity index (χ1) is 24.1. The summed E-state index contributed by atoms with van der Waals surface area (Å²) in [6, 6.07) is -0.738. The molecule has 0 aliphatic heterocycles. The van der Waals surface area contributed by atoms with E-state index in [1.807, 2.05) is 0 Å². The molecule has 0 amide bonds. The number of carbonyl (C=O) groups excluding carboxylic acids is 3. The molecule has 0 bridgehead atoms. The number of rotatable bonds is 32. The topological polar surface area (TPSA) is 102 Å². The number of unbranched alkanes of at least 4 members (excludes halogenated alkanes) is 8. The number of nitrogens with zero attached hydrogens (tertiary/aromatic N) is 1. The Kier molecular flexibility index (Phi) is 30.8. The van der Waals surface area contributed by atoms with E-state index in [2.05, 4.69) is 86.8 Å². The first-order valence-electron chi connectivity index (χ1n) is 19.0. The van der Waals surface area contributed by atoms with Gasteiger partial charge in [-0.25, -0.2) is 0 Å². The quantitative estimate of drug-likeness (QED) is 0.0229. The average molecular weight is 700 g/mol. The number of hydrogen-bond acceptors (Lipinski definition) is 7. The normalized spacial score (nSPS) is 13.9. The number of allylic oxidation sites excluding steroid dienone is 12. The number of carboxylic acid groups (broad SMARTS) is 1. The molecule has 0 aliphatic rings. The van der Waals surface area contributed by atoms with Crippen LogP contribution in [0.1, 0.15) is 123 Å². The lowest BCUT2D eigenvalue weighted by molar-refractivity contribution is -0.889. The molecule has 8 heteroatoms. The van der Waals surface area contributed by atoms with Crippen LogP contribution in [0.4, 0.5) is 0 Å². The van der Waals surface area contributed by atoms with E-state index < -0.39 is 18.1 Å². The van der Waals surface area contributed by atoms with Crippen molar-refractivity contribution in [3.05, 3.63) is 72.9 Å². The van der Waals surface area contributed by atoms with Crippen LogP contribution in [0.3, 0.4) is 0 Å². The van der Waals surface area contributed by atoms with E-state index >= 15 is 0 Å². The average Bonchev–Trinajstić information content (AvgIpc) is 3.06. The molecule has 0 saturated heterocycles. The van der Waals surface area contributed by atoms with Gasteiger partial charge >= 0.3 is 11.9 Å². The van der Waals surface area contributed by atoms with E-state index in [9.17, 15) is 19.5 Å². The zero-order valence-corrected chi connectivity index (χ0v) is 32.0. The van der Waals surface area contributed by atoms with E-state index in [0.29, 0.717) is 12.8 Å². The number of quaternary nitrogens is 1. The number of aliphatic carboxylic acids is 1. The monoisotopic (exact) mass is 700 g/mol. The van der Waals surface area contributed by atoms with Gasteiger partial charge in [0.2, 0.25) is 0 Å². The minimum atomic E-state index is -1.14. The Morgan fingerprint density at radius 3 is 1.82 bits per heavy atom. The molecule has 0 fully saturated rings. The Hall–Kier alpha value is -3.23. The second kappa shape index (κ2) is 32.9. The Morgan fingerprint density at radius 1 is 0.620 bits per heavy atom. The van der Waals surface area contributed by atoms with E-state index in [-0.39, 0.29) is 49.1 Å². The van der Waals surface area contributed by atoms with Crippen LogP contribution in [0.25, 0.3) is 0 Å². The highest BCUT2D eigenvalue weighted by atomic mass is 16.6. The van der Waals surface area contributed by atoms with Gasteiger partial charge in [0.05, 0.1) is 40.3 Å². The second-order valence-electron chi connectivity index (χ2n) is 13.5. The van der Waals surface area contributed by atoms with Gasteiger partial charge in [-0.15, -0.1) is 0 Å². The summed E-state index contributed by atoms with van der Waals surface area (Å²) < 4.78 is 17.0. The molecule has 2 unspecified atom stereocenters. The van der Waals surface area contributed by atoms with Crippen molar-refractivity contribution in [2.45, 2.75) is 135 Å². The summed E-state index contributed by atoms with van der Waals surface area (Å²) in [7, 11) is 5.36. The predicted octanol–water partition coefficient (Wildman–Crippen LogP) is 8.29. The predicted molar refractivity (Wildman–Crippen MR) is 203 cm³/mol. The fourth-order valence-corrected chi connectivity index (χ4v) is 4.97. The lowest BCUT2D eigenvalue weighted by Crippen LogP contribution is -2.55. The Bertz CT molecular complexity index is 1050. The van der Waals surface area contributed by atoms with Crippen molar-refractivity contribution in [1.82, 2.24) is 0 Å². The van der Waals surface area contributed by atoms with Crippen molar-refractivity contribution >= 4 is 17.9 Å². The number of likely N-dealkylation sites (N-methyl/N-ethyl adjacent to an activating group) is 1.